The Labute approximate surface area is 120 Å². The summed E-state index contributed by atoms with van der Waals surface area (Å²) in [6.45, 7) is 4.99. The summed E-state index contributed by atoms with van der Waals surface area (Å²) in [7, 11) is 0. The highest BCUT2D eigenvalue weighted by Crippen LogP contribution is 2.15. The third-order valence-corrected chi connectivity index (χ3v) is 3.09. The fourth-order valence-corrected chi connectivity index (χ4v) is 2.05. The van der Waals surface area contributed by atoms with Crippen molar-refractivity contribution < 1.29 is 9.53 Å². The van der Waals surface area contributed by atoms with E-state index in [0.717, 1.165) is 24.0 Å². The Kier molecular flexibility index (Phi) is 4.94. The van der Waals surface area contributed by atoms with E-state index in [4.69, 9.17) is 4.74 Å². The number of benzene rings is 2. The van der Waals surface area contributed by atoms with Crippen molar-refractivity contribution in [2.24, 2.45) is 5.92 Å². The minimum Gasteiger partial charge on any atom is -0.489 e. The first-order valence-corrected chi connectivity index (χ1v) is 6.93. The third-order valence-electron chi connectivity index (χ3n) is 3.09. The van der Waals surface area contributed by atoms with E-state index >= 15 is 0 Å². The summed E-state index contributed by atoms with van der Waals surface area (Å²) in [5.41, 5.74) is 3.17. The molecule has 0 aromatic heterocycles. The van der Waals surface area contributed by atoms with E-state index in [2.05, 4.69) is 38.1 Å². The van der Waals surface area contributed by atoms with Gasteiger partial charge in [0.05, 0.1) is 0 Å². The van der Waals surface area contributed by atoms with E-state index in [1.165, 1.54) is 5.56 Å². The first-order chi connectivity index (χ1) is 9.67. The summed E-state index contributed by atoms with van der Waals surface area (Å²) in [4.78, 5) is 10.6. The highest BCUT2D eigenvalue weighted by molar-refractivity contribution is 5.74. The van der Waals surface area contributed by atoms with Crippen molar-refractivity contribution in [3.05, 3.63) is 65.2 Å². The summed E-state index contributed by atoms with van der Waals surface area (Å²) in [5, 5.41) is 0. The molecule has 0 fully saturated rings. The van der Waals surface area contributed by atoms with Crippen molar-refractivity contribution in [1.82, 2.24) is 0 Å². The van der Waals surface area contributed by atoms with Gasteiger partial charge in [-0.2, -0.15) is 0 Å². The van der Waals surface area contributed by atoms with Crippen LogP contribution in [0.4, 0.5) is 0 Å². The Morgan fingerprint density at radius 1 is 0.950 bits per heavy atom. The van der Waals surface area contributed by atoms with E-state index in [9.17, 15) is 4.79 Å². The zero-order valence-electron chi connectivity index (χ0n) is 12.0. The van der Waals surface area contributed by atoms with Gasteiger partial charge in [-0.25, -0.2) is 0 Å². The van der Waals surface area contributed by atoms with Crippen LogP contribution < -0.4 is 4.74 Å². The molecule has 104 valence electrons. The number of aldehydes is 1. The van der Waals surface area contributed by atoms with E-state index < -0.39 is 0 Å². The van der Waals surface area contributed by atoms with Gasteiger partial charge in [0.2, 0.25) is 0 Å². The zero-order valence-corrected chi connectivity index (χ0v) is 12.0. The van der Waals surface area contributed by atoms with E-state index in [-0.39, 0.29) is 0 Å². The Hall–Kier alpha value is -2.09. The molecule has 20 heavy (non-hydrogen) atoms. The minimum atomic E-state index is 0.544. The van der Waals surface area contributed by atoms with Crippen LogP contribution >= 0.6 is 0 Å². The largest absolute Gasteiger partial charge is 0.489 e. The smallest absolute Gasteiger partial charge is 0.150 e. The fraction of sp³-hybridized carbons (Fsp3) is 0.278. The lowest BCUT2D eigenvalue weighted by atomic mass is 10.0. The summed E-state index contributed by atoms with van der Waals surface area (Å²) < 4.78 is 5.70. The van der Waals surface area contributed by atoms with Crippen LogP contribution in [0.2, 0.25) is 0 Å². The number of carbonyl (C=O) groups is 1. The van der Waals surface area contributed by atoms with Gasteiger partial charge in [-0.3, -0.25) is 4.79 Å². The highest BCUT2D eigenvalue weighted by Gasteiger charge is 2.00. The quantitative estimate of drug-likeness (QED) is 0.731. The van der Waals surface area contributed by atoms with Crippen LogP contribution in [0.15, 0.2) is 48.5 Å². The molecule has 2 nitrogen and oxygen atoms in total. The molecular formula is C18H20O2. The molecule has 0 spiro atoms. The van der Waals surface area contributed by atoms with Crippen LogP contribution in [0.3, 0.4) is 0 Å². The summed E-state index contributed by atoms with van der Waals surface area (Å²) in [5.74, 6) is 1.45. The van der Waals surface area contributed by atoms with Crippen molar-refractivity contribution >= 4 is 6.29 Å². The third kappa shape index (κ3) is 4.23. The zero-order chi connectivity index (χ0) is 14.4. The number of carbonyl (C=O) groups excluding carboxylic acids is 1. The monoisotopic (exact) mass is 268 g/mol. The molecule has 0 aliphatic rings. The van der Waals surface area contributed by atoms with Gasteiger partial charge < -0.3 is 4.74 Å². The maximum absolute atomic E-state index is 10.6. The molecular weight excluding hydrogens is 248 g/mol. The maximum Gasteiger partial charge on any atom is 0.150 e. The van der Waals surface area contributed by atoms with Crippen molar-refractivity contribution in [3.8, 4) is 5.75 Å². The molecule has 0 aliphatic carbocycles. The van der Waals surface area contributed by atoms with E-state index in [1.807, 2.05) is 12.1 Å². The van der Waals surface area contributed by atoms with Crippen molar-refractivity contribution in [2.45, 2.75) is 26.9 Å². The van der Waals surface area contributed by atoms with Gasteiger partial charge in [-0.05, 0) is 47.7 Å². The standard InChI is InChI=1S/C18H20O2/c1-14(2)11-15-3-5-17(6-4-15)13-20-18-9-7-16(12-19)8-10-18/h3-10,12,14H,11,13H2,1-2H3. The molecule has 0 unspecified atom stereocenters. The molecule has 0 atom stereocenters. The predicted molar refractivity (Wildman–Crippen MR) is 81.1 cm³/mol. The molecule has 0 radical (unpaired) electrons. The molecule has 2 rings (SSSR count). The average molecular weight is 268 g/mol. The molecule has 2 heteroatoms. The number of rotatable bonds is 6. The normalized spacial score (nSPS) is 10.6. The molecule has 2 aromatic rings. The van der Waals surface area contributed by atoms with Gasteiger partial charge in [-0.1, -0.05) is 38.1 Å². The first-order valence-electron chi connectivity index (χ1n) is 6.93. The SMILES string of the molecule is CC(C)Cc1ccc(COc2ccc(C=O)cc2)cc1. The second-order valence-corrected chi connectivity index (χ2v) is 5.39. The van der Waals surface area contributed by atoms with Crippen LogP contribution in [-0.2, 0) is 13.0 Å². The molecule has 0 N–H and O–H groups in total. The summed E-state index contributed by atoms with van der Waals surface area (Å²) in [6, 6.07) is 15.7. The predicted octanol–water partition coefficient (Wildman–Crippen LogP) is 4.28. The van der Waals surface area contributed by atoms with E-state index in [1.54, 1.807) is 12.1 Å². The number of hydrogen-bond acceptors (Lipinski definition) is 2. The van der Waals surface area contributed by atoms with Gasteiger partial charge in [0.1, 0.15) is 18.6 Å². The topological polar surface area (TPSA) is 26.3 Å². The van der Waals surface area contributed by atoms with Crippen LogP contribution in [0.5, 0.6) is 5.75 Å². The fourth-order valence-electron chi connectivity index (χ4n) is 2.05. The molecule has 0 aliphatic heterocycles. The lowest BCUT2D eigenvalue weighted by molar-refractivity contribution is 0.112. The van der Waals surface area contributed by atoms with Gasteiger partial charge in [-0.15, -0.1) is 0 Å². The molecule has 0 amide bonds. The minimum absolute atomic E-state index is 0.544. The Balaban J connectivity index is 1.91. The highest BCUT2D eigenvalue weighted by atomic mass is 16.5. The van der Waals surface area contributed by atoms with Crippen LogP contribution in [-0.4, -0.2) is 6.29 Å². The lowest BCUT2D eigenvalue weighted by Gasteiger charge is -2.08. The molecule has 0 bridgehead atoms. The van der Waals surface area contributed by atoms with Gasteiger partial charge >= 0.3 is 0 Å². The van der Waals surface area contributed by atoms with Crippen LogP contribution in [0, 0.1) is 5.92 Å². The van der Waals surface area contributed by atoms with Crippen molar-refractivity contribution in [3.63, 3.8) is 0 Å². The van der Waals surface area contributed by atoms with Crippen molar-refractivity contribution in [2.75, 3.05) is 0 Å². The average Bonchev–Trinajstić information content (AvgIpc) is 2.46. The first kappa shape index (κ1) is 14.3. The lowest BCUT2D eigenvalue weighted by Crippen LogP contribution is -1.97. The van der Waals surface area contributed by atoms with Crippen LogP contribution in [0.25, 0.3) is 0 Å². The van der Waals surface area contributed by atoms with Gasteiger partial charge in [0, 0.05) is 5.56 Å². The van der Waals surface area contributed by atoms with Crippen molar-refractivity contribution in [1.29, 1.82) is 0 Å². The molecule has 2 aromatic carbocycles. The molecule has 0 saturated carbocycles. The summed E-state index contributed by atoms with van der Waals surface area (Å²) >= 11 is 0. The number of hydrogen-bond donors (Lipinski definition) is 0. The number of ether oxygens (including phenoxy) is 1. The summed E-state index contributed by atoms with van der Waals surface area (Å²) in [6.07, 6.45) is 1.94. The Morgan fingerprint density at radius 3 is 2.10 bits per heavy atom. The second kappa shape index (κ2) is 6.90. The van der Waals surface area contributed by atoms with E-state index in [0.29, 0.717) is 18.1 Å². The Bertz CT molecular complexity index is 539. The Morgan fingerprint density at radius 2 is 1.55 bits per heavy atom. The molecule has 0 saturated heterocycles. The second-order valence-electron chi connectivity index (χ2n) is 5.39. The van der Waals surface area contributed by atoms with Gasteiger partial charge in [0.25, 0.3) is 0 Å². The van der Waals surface area contributed by atoms with Crippen LogP contribution in [0.1, 0.15) is 35.3 Å². The molecule has 0 heterocycles. The maximum atomic E-state index is 10.6. The van der Waals surface area contributed by atoms with Gasteiger partial charge in [0.15, 0.2) is 0 Å².